The number of benzene rings is 1. The molecule has 2 rings (SSSR count). The van der Waals surface area contributed by atoms with Crippen LogP contribution in [0.25, 0.3) is 0 Å². The predicted molar refractivity (Wildman–Crippen MR) is 75.3 cm³/mol. The van der Waals surface area contributed by atoms with E-state index in [-0.39, 0.29) is 5.84 Å². The Morgan fingerprint density at radius 1 is 1.35 bits per heavy atom. The molecule has 6 heteroatoms. The van der Waals surface area contributed by atoms with Gasteiger partial charge in [-0.15, -0.1) is 0 Å². The Morgan fingerprint density at radius 2 is 2.15 bits per heavy atom. The molecular formula is C14H13ClN3O2+. The molecular weight excluding hydrogens is 278 g/mol. The minimum Gasteiger partial charge on any atom is -0.375 e. The number of amidine groups is 1. The summed E-state index contributed by atoms with van der Waals surface area (Å²) >= 11 is 5.94. The Kier molecular flexibility index (Phi) is 4.32. The van der Waals surface area contributed by atoms with Crippen molar-refractivity contribution in [1.29, 1.82) is 0 Å². The van der Waals surface area contributed by atoms with Crippen molar-refractivity contribution in [3.8, 4) is 0 Å². The highest BCUT2D eigenvalue weighted by Crippen LogP contribution is 2.17. The SMILES string of the molecule is Cc1ccc(C(=O)ON=C(N)c2cccc[nH+]2)cc1Cl. The van der Waals surface area contributed by atoms with Crippen molar-refractivity contribution >= 4 is 23.4 Å². The number of nitrogens with one attached hydrogen (secondary N) is 1. The zero-order chi connectivity index (χ0) is 14.5. The topological polar surface area (TPSA) is 78.8 Å². The van der Waals surface area contributed by atoms with Crippen LogP contribution in [0.4, 0.5) is 0 Å². The molecule has 0 aliphatic carbocycles. The molecule has 102 valence electrons. The summed E-state index contributed by atoms with van der Waals surface area (Å²) in [7, 11) is 0. The summed E-state index contributed by atoms with van der Waals surface area (Å²) in [6.07, 6.45) is 1.69. The second-order valence-corrected chi connectivity index (χ2v) is 4.50. The first-order chi connectivity index (χ1) is 9.58. The van der Waals surface area contributed by atoms with Gasteiger partial charge in [0.15, 0.2) is 6.20 Å². The van der Waals surface area contributed by atoms with Crippen LogP contribution in [0.15, 0.2) is 47.8 Å². The molecule has 1 aromatic heterocycles. The summed E-state index contributed by atoms with van der Waals surface area (Å²) in [5, 5.41) is 4.09. The Labute approximate surface area is 121 Å². The molecule has 0 fully saturated rings. The van der Waals surface area contributed by atoms with Gasteiger partial charge in [0, 0.05) is 17.2 Å². The summed E-state index contributed by atoms with van der Waals surface area (Å²) in [5.74, 6) is -0.539. The highest BCUT2D eigenvalue weighted by atomic mass is 35.5. The van der Waals surface area contributed by atoms with Crippen molar-refractivity contribution in [3.63, 3.8) is 0 Å². The van der Waals surface area contributed by atoms with E-state index < -0.39 is 5.97 Å². The van der Waals surface area contributed by atoms with Crippen LogP contribution in [0.3, 0.4) is 0 Å². The van der Waals surface area contributed by atoms with Gasteiger partial charge >= 0.3 is 5.97 Å². The van der Waals surface area contributed by atoms with Gasteiger partial charge in [-0.25, -0.2) is 9.78 Å². The smallest absolute Gasteiger partial charge is 0.365 e. The number of H-pyrrole nitrogens is 1. The molecule has 0 unspecified atom stereocenters. The van der Waals surface area contributed by atoms with Crippen molar-refractivity contribution in [2.45, 2.75) is 6.92 Å². The van der Waals surface area contributed by atoms with Gasteiger partial charge in [0.1, 0.15) is 0 Å². The molecule has 0 spiro atoms. The van der Waals surface area contributed by atoms with Crippen molar-refractivity contribution < 1.29 is 14.6 Å². The molecule has 3 N–H and O–H groups in total. The third-order valence-corrected chi connectivity index (χ3v) is 3.03. The average Bonchev–Trinajstić information content (AvgIpc) is 2.48. The van der Waals surface area contributed by atoms with Crippen molar-refractivity contribution in [2.24, 2.45) is 10.9 Å². The van der Waals surface area contributed by atoms with E-state index in [1.807, 2.05) is 6.92 Å². The summed E-state index contributed by atoms with van der Waals surface area (Å²) in [6.45, 7) is 1.85. The monoisotopic (exact) mass is 290 g/mol. The summed E-state index contributed by atoms with van der Waals surface area (Å²) in [4.78, 5) is 19.5. The Balaban J connectivity index is 2.10. The molecule has 0 atom stereocenters. The molecule has 20 heavy (non-hydrogen) atoms. The van der Waals surface area contributed by atoms with Crippen molar-refractivity contribution in [3.05, 3.63) is 64.4 Å². The molecule has 0 bridgehead atoms. The number of carbonyl (C=O) groups is 1. The number of nitrogens with zero attached hydrogens (tertiary/aromatic N) is 1. The van der Waals surface area contributed by atoms with E-state index in [9.17, 15) is 4.79 Å². The fourth-order valence-corrected chi connectivity index (χ4v) is 1.65. The van der Waals surface area contributed by atoms with Gasteiger partial charge in [0.25, 0.3) is 0 Å². The summed E-state index contributed by atoms with van der Waals surface area (Å²) in [6, 6.07) is 10.2. The molecule has 0 amide bonds. The van der Waals surface area contributed by atoms with E-state index in [4.69, 9.17) is 22.2 Å². The lowest BCUT2D eigenvalue weighted by Gasteiger charge is -2.01. The van der Waals surface area contributed by atoms with Gasteiger partial charge in [-0.1, -0.05) is 22.8 Å². The second kappa shape index (κ2) is 6.16. The van der Waals surface area contributed by atoms with Crippen LogP contribution in [0.2, 0.25) is 5.02 Å². The quantitative estimate of drug-likeness (QED) is 0.406. The van der Waals surface area contributed by atoms with Gasteiger partial charge in [0.2, 0.25) is 11.5 Å². The number of hydrogen-bond donors (Lipinski definition) is 1. The fraction of sp³-hybridized carbons (Fsp3) is 0.0714. The highest BCUT2D eigenvalue weighted by molar-refractivity contribution is 6.31. The van der Waals surface area contributed by atoms with Crippen LogP contribution in [0.1, 0.15) is 21.6 Å². The fourth-order valence-electron chi connectivity index (χ4n) is 1.46. The Hall–Kier alpha value is -2.40. The molecule has 5 nitrogen and oxygen atoms in total. The number of halogens is 1. The van der Waals surface area contributed by atoms with Crippen LogP contribution in [0, 0.1) is 6.92 Å². The van der Waals surface area contributed by atoms with E-state index in [2.05, 4.69) is 10.1 Å². The lowest BCUT2D eigenvalue weighted by molar-refractivity contribution is -0.380. The van der Waals surface area contributed by atoms with Gasteiger partial charge in [-0.3, -0.25) is 0 Å². The molecule has 2 aromatic rings. The second-order valence-electron chi connectivity index (χ2n) is 4.10. The lowest BCUT2D eigenvalue weighted by Crippen LogP contribution is -2.24. The summed E-state index contributed by atoms with van der Waals surface area (Å²) in [5.41, 5.74) is 7.44. The van der Waals surface area contributed by atoms with E-state index in [0.29, 0.717) is 16.3 Å². The number of carbonyl (C=O) groups excluding carboxylic acids is 1. The molecule has 1 heterocycles. The van der Waals surface area contributed by atoms with Crippen LogP contribution in [-0.4, -0.2) is 11.8 Å². The zero-order valence-corrected chi connectivity index (χ0v) is 11.5. The number of aromatic amines is 1. The van der Waals surface area contributed by atoms with Crippen LogP contribution in [-0.2, 0) is 4.84 Å². The number of rotatable bonds is 3. The minimum absolute atomic E-state index is 0.0807. The number of aryl methyl sites for hydroxylation is 1. The highest BCUT2D eigenvalue weighted by Gasteiger charge is 2.11. The van der Waals surface area contributed by atoms with Crippen LogP contribution >= 0.6 is 11.6 Å². The first-order valence-electron chi connectivity index (χ1n) is 5.86. The van der Waals surface area contributed by atoms with Gasteiger partial charge in [-0.2, -0.15) is 0 Å². The Bertz CT molecular complexity index is 657. The predicted octanol–water partition coefficient (Wildman–Crippen LogP) is 1.94. The molecule has 0 saturated carbocycles. The standard InChI is InChI=1S/C14H12ClN3O2/c1-9-5-6-10(8-11(9)15)14(19)20-18-13(16)12-4-2-3-7-17-12/h2-8H,1H3,(H2,16,18)/p+1. The number of hydrogen-bond acceptors (Lipinski definition) is 3. The lowest BCUT2D eigenvalue weighted by atomic mass is 10.1. The maximum atomic E-state index is 11.8. The average molecular weight is 291 g/mol. The van der Waals surface area contributed by atoms with Gasteiger partial charge in [-0.05, 0) is 30.7 Å². The Morgan fingerprint density at radius 3 is 2.80 bits per heavy atom. The van der Waals surface area contributed by atoms with E-state index in [0.717, 1.165) is 5.56 Å². The first-order valence-corrected chi connectivity index (χ1v) is 6.24. The van der Waals surface area contributed by atoms with E-state index >= 15 is 0 Å². The molecule has 1 aromatic carbocycles. The minimum atomic E-state index is -0.620. The normalized spacial score (nSPS) is 11.2. The largest absolute Gasteiger partial charge is 0.375 e. The van der Waals surface area contributed by atoms with Crippen molar-refractivity contribution in [1.82, 2.24) is 0 Å². The van der Waals surface area contributed by atoms with Gasteiger partial charge < -0.3 is 10.6 Å². The van der Waals surface area contributed by atoms with E-state index in [1.54, 1.807) is 36.5 Å². The van der Waals surface area contributed by atoms with E-state index in [1.165, 1.54) is 6.07 Å². The number of oxime groups is 1. The number of pyridine rings is 1. The number of aromatic nitrogens is 1. The third kappa shape index (κ3) is 3.33. The number of nitrogens with two attached hydrogens (primary N) is 1. The third-order valence-electron chi connectivity index (χ3n) is 2.62. The molecule has 0 saturated heterocycles. The van der Waals surface area contributed by atoms with Crippen molar-refractivity contribution in [2.75, 3.05) is 0 Å². The van der Waals surface area contributed by atoms with Crippen LogP contribution < -0.4 is 10.7 Å². The summed E-state index contributed by atoms with van der Waals surface area (Å²) < 4.78 is 0. The van der Waals surface area contributed by atoms with Gasteiger partial charge in [0.05, 0.1) is 5.56 Å². The zero-order valence-electron chi connectivity index (χ0n) is 10.8. The molecule has 0 aliphatic heterocycles. The maximum Gasteiger partial charge on any atom is 0.365 e. The molecule has 0 aliphatic rings. The molecule has 0 radical (unpaired) electrons. The maximum absolute atomic E-state index is 11.8. The van der Waals surface area contributed by atoms with Crippen LogP contribution in [0.5, 0.6) is 0 Å². The first kappa shape index (κ1) is 14.0.